The van der Waals surface area contributed by atoms with E-state index in [2.05, 4.69) is 10.3 Å². The van der Waals surface area contributed by atoms with Gasteiger partial charge in [-0.15, -0.1) is 0 Å². The first-order valence-corrected chi connectivity index (χ1v) is 8.48. The van der Waals surface area contributed by atoms with Crippen molar-refractivity contribution >= 4 is 29.1 Å². The van der Waals surface area contributed by atoms with Crippen molar-refractivity contribution in [2.45, 2.75) is 20.0 Å². The topological polar surface area (TPSA) is 62.3 Å². The zero-order valence-corrected chi connectivity index (χ0v) is 15.4. The van der Waals surface area contributed by atoms with E-state index in [9.17, 15) is 22.8 Å². The Bertz CT molecular complexity index is 852. The fourth-order valence-electron chi connectivity index (χ4n) is 2.35. The number of anilines is 1. The van der Waals surface area contributed by atoms with Gasteiger partial charge in [0.1, 0.15) is 5.69 Å². The van der Waals surface area contributed by atoms with Gasteiger partial charge in [-0.3, -0.25) is 14.6 Å². The molecule has 0 spiro atoms. The summed E-state index contributed by atoms with van der Waals surface area (Å²) in [5, 5.41) is 2.30. The lowest BCUT2D eigenvalue weighted by atomic mass is 10.1. The number of carbonyl (C=O) groups excluding carboxylic acids is 2. The number of aromatic nitrogens is 1. The molecule has 0 aliphatic heterocycles. The molecule has 5 nitrogen and oxygen atoms in total. The van der Waals surface area contributed by atoms with Gasteiger partial charge < -0.3 is 10.2 Å². The van der Waals surface area contributed by atoms with E-state index < -0.39 is 17.6 Å². The average Bonchev–Trinajstić information content (AvgIpc) is 2.63. The van der Waals surface area contributed by atoms with Crippen LogP contribution in [0.3, 0.4) is 0 Å². The lowest BCUT2D eigenvalue weighted by molar-refractivity contribution is -0.137. The number of nitrogens with zero attached hydrogens (tertiary/aromatic N) is 2. The Balaban J connectivity index is 2.27. The van der Waals surface area contributed by atoms with Crippen LogP contribution in [0, 0.1) is 0 Å². The summed E-state index contributed by atoms with van der Waals surface area (Å²) in [6.45, 7) is 4.59. The zero-order chi connectivity index (χ0) is 20.2. The third-order valence-electron chi connectivity index (χ3n) is 3.83. The first-order chi connectivity index (χ1) is 12.7. The van der Waals surface area contributed by atoms with Crippen molar-refractivity contribution in [2.75, 3.05) is 18.4 Å². The summed E-state index contributed by atoms with van der Waals surface area (Å²) in [7, 11) is 0. The van der Waals surface area contributed by atoms with Crippen molar-refractivity contribution < 1.29 is 22.8 Å². The normalized spacial score (nSPS) is 11.2. The van der Waals surface area contributed by atoms with E-state index >= 15 is 0 Å². The second-order valence-corrected chi connectivity index (χ2v) is 5.96. The van der Waals surface area contributed by atoms with Crippen molar-refractivity contribution in [3.63, 3.8) is 0 Å². The van der Waals surface area contributed by atoms with Crippen LogP contribution in [0.15, 0.2) is 36.5 Å². The molecule has 144 valence electrons. The molecule has 0 saturated carbocycles. The van der Waals surface area contributed by atoms with Gasteiger partial charge in [0.25, 0.3) is 11.8 Å². The van der Waals surface area contributed by atoms with Gasteiger partial charge in [-0.2, -0.15) is 13.2 Å². The molecular weight excluding hydrogens is 383 g/mol. The lowest BCUT2D eigenvalue weighted by Crippen LogP contribution is -2.31. The van der Waals surface area contributed by atoms with Crippen LogP contribution in [0.4, 0.5) is 18.9 Å². The van der Waals surface area contributed by atoms with Gasteiger partial charge in [0, 0.05) is 24.8 Å². The molecule has 27 heavy (non-hydrogen) atoms. The third-order valence-corrected chi connectivity index (χ3v) is 4.16. The number of halogens is 4. The molecule has 0 aliphatic carbocycles. The van der Waals surface area contributed by atoms with E-state index in [-0.39, 0.29) is 27.9 Å². The zero-order valence-electron chi connectivity index (χ0n) is 14.6. The quantitative estimate of drug-likeness (QED) is 0.805. The molecule has 2 amide bonds. The minimum absolute atomic E-state index is 0.0372. The molecule has 2 rings (SSSR count). The molecule has 0 unspecified atom stereocenters. The van der Waals surface area contributed by atoms with Crippen LogP contribution in [0.2, 0.25) is 5.02 Å². The van der Waals surface area contributed by atoms with E-state index in [0.717, 1.165) is 18.2 Å². The van der Waals surface area contributed by atoms with Crippen LogP contribution >= 0.6 is 11.6 Å². The van der Waals surface area contributed by atoms with Crippen LogP contribution in [0.5, 0.6) is 0 Å². The largest absolute Gasteiger partial charge is 0.416 e. The van der Waals surface area contributed by atoms with Crippen LogP contribution < -0.4 is 5.32 Å². The molecule has 0 bridgehead atoms. The number of alkyl halides is 3. The lowest BCUT2D eigenvalue weighted by Gasteiger charge is -2.18. The second kappa shape index (κ2) is 8.39. The van der Waals surface area contributed by atoms with E-state index in [0.29, 0.717) is 13.1 Å². The minimum atomic E-state index is -4.57. The van der Waals surface area contributed by atoms with Crippen molar-refractivity contribution in [2.24, 2.45) is 0 Å². The molecular formula is C18H17ClF3N3O2. The fraction of sp³-hybridized carbons (Fsp3) is 0.278. The number of carbonyl (C=O) groups is 2. The summed E-state index contributed by atoms with van der Waals surface area (Å²) >= 11 is 5.88. The number of rotatable bonds is 5. The summed E-state index contributed by atoms with van der Waals surface area (Å²) < 4.78 is 38.5. The van der Waals surface area contributed by atoms with E-state index in [1.54, 1.807) is 0 Å². The Morgan fingerprint density at radius 2 is 1.81 bits per heavy atom. The molecule has 1 N–H and O–H groups in total. The molecule has 0 aliphatic rings. The summed E-state index contributed by atoms with van der Waals surface area (Å²) in [5.74, 6) is -1.04. The highest BCUT2D eigenvalue weighted by molar-refractivity contribution is 6.34. The second-order valence-electron chi connectivity index (χ2n) is 5.55. The maximum atomic E-state index is 12.8. The highest BCUT2D eigenvalue weighted by atomic mass is 35.5. The first kappa shape index (κ1) is 20.7. The Kier molecular flexibility index (Phi) is 6.43. The molecule has 1 heterocycles. The molecule has 0 radical (unpaired) electrons. The number of amides is 2. The number of pyridine rings is 1. The Hall–Kier alpha value is -2.61. The van der Waals surface area contributed by atoms with E-state index in [4.69, 9.17) is 11.6 Å². The van der Waals surface area contributed by atoms with Crippen molar-refractivity contribution in [1.29, 1.82) is 0 Å². The molecule has 0 fully saturated rings. The molecule has 9 heteroatoms. The maximum absolute atomic E-state index is 12.8. The van der Waals surface area contributed by atoms with Crippen LogP contribution in [-0.2, 0) is 6.18 Å². The Morgan fingerprint density at radius 1 is 1.15 bits per heavy atom. The summed E-state index contributed by atoms with van der Waals surface area (Å²) in [5.41, 5.74) is -0.963. The van der Waals surface area contributed by atoms with Gasteiger partial charge in [0.15, 0.2) is 0 Å². The van der Waals surface area contributed by atoms with Crippen LogP contribution in [0.1, 0.15) is 40.3 Å². The van der Waals surface area contributed by atoms with Crippen LogP contribution in [-0.4, -0.2) is 34.8 Å². The number of benzene rings is 1. The molecule has 0 atom stereocenters. The molecule has 1 aromatic carbocycles. The molecule has 1 aromatic heterocycles. The standard InChI is InChI=1S/C18H17ClF3N3O2/c1-3-25(4-2)17(27)15-9-11(7-8-23-15)16(26)24-14-10-12(18(20,21)22)5-6-13(14)19/h5-10H,3-4H2,1-2H3,(H,24,26). The van der Waals surface area contributed by atoms with E-state index in [1.165, 1.54) is 23.2 Å². The van der Waals surface area contributed by atoms with Gasteiger partial charge in [-0.1, -0.05) is 11.6 Å². The number of hydrogen-bond donors (Lipinski definition) is 1. The van der Waals surface area contributed by atoms with Gasteiger partial charge in [-0.25, -0.2) is 0 Å². The summed E-state index contributed by atoms with van der Waals surface area (Å²) in [4.78, 5) is 30.2. The van der Waals surface area contributed by atoms with E-state index in [1.807, 2.05) is 13.8 Å². The van der Waals surface area contributed by atoms with Gasteiger partial charge >= 0.3 is 6.18 Å². The van der Waals surface area contributed by atoms with Gasteiger partial charge in [-0.05, 0) is 44.2 Å². The highest BCUT2D eigenvalue weighted by Crippen LogP contribution is 2.34. The van der Waals surface area contributed by atoms with Crippen molar-refractivity contribution in [3.05, 3.63) is 58.4 Å². The maximum Gasteiger partial charge on any atom is 0.416 e. The molecule has 2 aromatic rings. The van der Waals surface area contributed by atoms with Crippen LogP contribution in [0.25, 0.3) is 0 Å². The Labute approximate surface area is 159 Å². The number of hydrogen-bond acceptors (Lipinski definition) is 3. The smallest absolute Gasteiger partial charge is 0.338 e. The molecule has 0 saturated heterocycles. The fourth-order valence-corrected chi connectivity index (χ4v) is 2.52. The Morgan fingerprint density at radius 3 is 2.41 bits per heavy atom. The summed E-state index contributed by atoms with van der Waals surface area (Å²) in [6.07, 6.45) is -3.27. The average molecular weight is 400 g/mol. The number of nitrogens with one attached hydrogen (secondary N) is 1. The highest BCUT2D eigenvalue weighted by Gasteiger charge is 2.31. The third kappa shape index (κ3) is 4.97. The van der Waals surface area contributed by atoms with Gasteiger partial charge in [0.05, 0.1) is 16.3 Å². The minimum Gasteiger partial charge on any atom is -0.338 e. The predicted octanol–water partition coefficient (Wildman–Crippen LogP) is 4.49. The SMILES string of the molecule is CCN(CC)C(=O)c1cc(C(=O)Nc2cc(C(F)(F)F)ccc2Cl)ccn1. The summed E-state index contributed by atoms with van der Waals surface area (Å²) in [6, 6.07) is 5.28. The van der Waals surface area contributed by atoms with Crippen molar-refractivity contribution in [1.82, 2.24) is 9.88 Å². The van der Waals surface area contributed by atoms with Crippen molar-refractivity contribution in [3.8, 4) is 0 Å². The van der Waals surface area contributed by atoms with Gasteiger partial charge in [0.2, 0.25) is 0 Å². The monoisotopic (exact) mass is 399 g/mol. The predicted molar refractivity (Wildman–Crippen MR) is 95.9 cm³/mol. The first-order valence-electron chi connectivity index (χ1n) is 8.10.